The predicted molar refractivity (Wildman–Crippen MR) is 111 cm³/mol. The molecule has 0 bridgehead atoms. The summed E-state index contributed by atoms with van der Waals surface area (Å²) in [7, 11) is 0. The van der Waals surface area contributed by atoms with Crippen molar-refractivity contribution in [2.45, 2.75) is 57.4 Å². The van der Waals surface area contributed by atoms with Crippen LogP contribution in [0.1, 0.15) is 50.6 Å². The first-order chi connectivity index (χ1) is 14.2. The minimum atomic E-state index is -0.0157. The van der Waals surface area contributed by atoms with E-state index < -0.39 is 0 Å². The van der Waals surface area contributed by atoms with Crippen molar-refractivity contribution < 1.29 is 9.59 Å². The first-order valence-electron chi connectivity index (χ1n) is 10.5. The summed E-state index contributed by atoms with van der Waals surface area (Å²) in [5.41, 5.74) is 1.47. The van der Waals surface area contributed by atoms with Gasteiger partial charge in [-0.15, -0.1) is 11.3 Å². The van der Waals surface area contributed by atoms with E-state index in [0.29, 0.717) is 5.91 Å². The van der Waals surface area contributed by atoms with Crippen molar-refractivity contribution >= 4 is 23.2 Å². The van der Waals surface area contributed by atoms with E-state index in [-0.39, 0.29) is 24.3 Å². The number of amides is 2. The molecule has 29 heavy (non-hydrogen) atoms. The maximum Gasteiger partial charge on any atom is 0.226 e. The number of nitrogens with zero attached hydrogens (tertiary/aromatic N) is 4. The zero-order chi connectivity index (χ0) is 20.1. The Morgan fingerprint density at radius 3 is 2.62 bits per heavy atom. The van der Waals surface area contributed by atoms with Gasteiger partial charge in [-0.25, -0.2) is 4.98 Å². The van der Waals surface area contributed by atoms with E-state index in [1.807, 2.05) is 10.3 Å². The topological polar surface area (TPSA) is 88.1 Å². The highest BCUT2D eigenvalue weighted by atomic mass is 32.1. The molecule has 3 heterocycles. The molecule has 2 amide bonds. The molecule has 0 unspecified atom stereocenters. The third kappa shape index (κ3) is 5.18. The van der Waals surface area contributed by atoms with Crippen molar-refractivity contribution in [2.24, 2.45) is 5.92 Å². The number of hydrogen-bond acceptors (Lipinski definition) is 6. The number of piperidine rings is 1. The van der Waals surface area contributed by atoms with Crippen molar-refractivity contribution in [3.8, 4) is 10.7 Å². The lowest BCUT2D eigenvalue weighted by Crippen LogP contribution is -2.48. The Bertz CT molecular complexity index is 827. The maximum atomic E-state index is 12.7. The Kier molecular flexibility index (Phi) is 6.49. The smallest absolute Gasteiger partial charge is 0.226 e. The molecule has 4 rings (SSSR count). The van der Waals surface area contributed by atoms with Gasteiger partial charge in [-0.05, 0) is 25.7 Å². The van der Waals surface area contributed by atoms with Crippen molar-refractivity contribution in [1.29, 1.82) is 0 Å². The van der Waals surface area contributed by atoms with E-state index in [9.17, 15) is 9.59 Å². The van der Waals surface area contributed by atoms with E-state index in [0.717, 1.165) is 55.2 Å². The summed E-state index contributed by atoms with van der Waals surface area (Å²) in [6.07, 6.45) is 12.5. The highest BCUT2D eigenvalue weighted by Gasteiger charge is 2.29. The first kappa shape index (κ1) is 19.9. The van der Waals surface area contributed by atoms with Crippen molar-refractivity contribution in [3.05, 3.63) is 29.7 Å². The summed E-state index contributed by atoms with van der Waals surface area (Å²) in [6, 6.07) is 0.135. The van der Waals surface area contributed by atoms with Gasteiger partial charge in [-0.1, -0.05) is 19.3 Å². The van der Waals surface area contributed by atoms with Crippen LogP contribution in [-0.2, 0) is 16.0 Å². The molecule has 1 saturated heterocycles. The number of carbonyl (C=O) groups excluding carboxylic acids is 2. The molecule has 2 aromatic heterocycles. The van der Waals surface area contributed by atoms with Crippen molar-refractivity contribution in [1.82, 2.24) is 25.2 Å². The Labute approximate surface area is 175 Å². The second-order valence-electron chi connectivity index (χ2n) is 7.91. The van der Waals surface area contributed by atoms with Gasteiger partial charge in [0.05, 0.1) is 18.3 Å². The molecular formula is C21H27N5O2S. The van der Waals surface area contributed by atoms with Gasteiger partial charge in [-0.2, -0.15) is 0 Å². The van der Waals surface area contributed by atoms with Crippen molar-refractivity contribution in [3.63, 3.8) is 0 Å². The summed E-state index contributed by atoms with van der Waals surface area (Å²) in [5, 5.41) is 5.79. The molecule has 8 heteroatoms. The fraction of sp³-hybridized carbons (Fsp3) is 0.571. The van der Waals surface area contributed by atoms with Crippen LogP contribution in [0, 0.1) is 5.92 Å². The lowest BCUT2D eigenvalue weighted by atomic mass is 9.87. The average molecular weight is 414 g/mol. The molecule has 1 aliphatic carbocycles. The van der Waals surface area contributed by atoms with E-state index in [2.05, 4.69) is 20.3 Å². The van der Waals surface area contributed by atoms with Crippen LogP contribution in [0.15, 0.2) is 24.0 Å². The Morgan fingerprint density at radius 2 is 1.90 bits per heavy atom. The molecule has 0 radical (unpaired) electrons. The van der Waals surface area contributed by atoms with Crippen LogP contribution < -0.4 is 5.32 Å². The normalized spacial score (nSPS) is 18.6. The molecule has 0 aromatic carbocycles. The zero-order valence-corrected chi connectivity index (χ0v) is 17.4. The quantitative estimate of drug-likeness (QED) is 0.814. The Balaban J connectivity index is 1.23. The number of hydrogen-bond donors (Lipinski definition) is 1. The highest BCUT2D eigenvalue weighted by molar-refractivity contribution is 7.13. The van der Waals surface area contributed by atoms with E-state index in [4.69, 9.17) is 0 Å². The van der Waals surface area contributed by atoms with E-state index in [1.54, 1.807) is 18.6 Å². The van der Waals surface area contributed by atoms with Gasteiger partial charge in [0.2, 0.25) is 11.8 Å². The average Bonchev–Trinajstić information content (AvgIpc) is 3.23. The van der Waals surface area contributed by atoms with Crippen LogP contribution >= 0.6 is 11.3 Å². The van der Waals surface area contributed by atoms with Crippen molar-refractivity contribution in [2.75, 3.05) is 13.1 Å². The summed E-state index contributed by atoms with van der Waals surface area (Å²) >= 11 is 1.47. The number of aromatic nitrogens is 3. The largest absolute Gasteiger partial charge is 0.353 e. The molecule has 1 aliphatic heterocycles. The maximum absolute atomic E-state index is 12.7. The summed E-state index contributed by atoms with van der Waals surface area (Å²) in [6.45, 7) is 1.49. The number of rotatable bonds is 5. The minimum Gasteiger partial charge on any atom is -0.353 e. The molecule has 1 N–H and O–H groups in total. The zero-order valence-electron chi connectivity index (χ0n) is 16.5. The molecule has 2 aromatic rings. The van der Waals surface area contributed by atoms with Crippen LogP contribution in [0.25, 0.3) is 10.7 Å². The second-order valence-corrected chi connectivity index (χ2v) is 8.77. The highest BCUT2D eigenvalue weighted by Crippen LogP contribution is 2.26. The van der Waals surface area contributed by atoms with Crippen LogP contribution in [0.5, 0.6) is 0 Å². The van der Waals surface area contributed by atoms with Gasteiger partial charge < -0.3 is 10.2 Å². The molecule has 1 saturated carbocycles. The monoisotopic (exact) mass is 413 g/mol. The first-order valence-corrected chi connectivity index (χ1v) is 11.4. The standard InChI is InChI=1S/C21H27N5O2S/c27-19(12-17-14-29-20(25-17)18-13-22-8-9-23-18)24-16-6-10-26(11-7-16)21(28)15-4-2-1-3-5-15/h8-9,13-16H,1-7,10-12H2,(H,24,27). The minimum absolute atomic E-state index is 0.0157. The molecule has 0 spiro atoms. The molecule has 2 fully saturated rings. The number of carbonyl (C=O) groups is 2. The Morgan fingerprint density at radius 1 is 1.10 bits per heavy atom. The van der Waals surface area contributed by atoms with Crippen LogP contribution in [-0.4, -0.2) is 50.8 Å². The molecule has 2 aliphatic rings. The van der Waals surface area contributed by atoms with E-state index >= 15 is 0 Å². The van der Waals surface area contributed by atoms with Gasteiger partial charge >= 0.3 is 0 Å². The SMILES string of the molecule is O=C(Cc1csc(-c2cnccn2)n1)NC1CCN(C(=O)C2CCCCC2)CC1. The van der Waals surface area contributed by atoms with Gasteiger partial charge in [0.15, 0.2) is 0 Å². The molecular weight excluding hydrogens is 386 g/mol. The molecule has 0 atom stereocenters. The summed E-state index contributed by atoms with van der Waals surface area (Å²) in [5.74, 6) is 0.537. The fourth-order valence-corrected chi connectivity index (χ4v) is 4.99. The van der Waals surface area contributed by atoms with Gasteiger partial charge in [0.1, 0.15) is 10.7 Å². The lowest BCUT2D eigenvalue weighted by Gasteiger charge is -2.35. The molecule has 154 valence electrons. The lowest BCUT2D eigenvalue weighted by molar-refractivity contribution is -0.137. The predicted octanol–water partition coefficient (Wildman–Crippen LogP) is 2.83. The van der Waals surface area contributed by atoms with Crippen LogP contribution in [0.4, 0.5) is 0 Å². The third-order valence-corrected chi connectivity index (χ3v) is 6.72. The Hall–Kier alpha value is -2.35. The van der Waals surface area contributed by atoms with Gasteiger partial charge in [0.25, 0.3) is 0 Å². The van der Waals surface area contributed by atoms with E-state index in [1.165, 1.54) is 30.6 Å². The molecule has 7 nitrogen and oxygen atoms in total. The number of likely N-dealkylation sites (tertiary alicyclic amines) is 1. The summed E-state index contributed by atoms with van der Waals surface area (Å²) in [4.78, 5) is 39.9. The fourth-order valence-electron chi connectivity index (χ4n) is 4.21. The van der Waals surface area contributed by atoms with Gasteiger partial charge in [0, 0.05) is 42.8 Å². The second kappa shape index (κ2) is 9.43. The number of nitrogens with one attached hydrogen (secondary N) is 1. The van der Waals surface area contributed by atoms with Crippen LogP contribution in [0.3, 0.4) is 0 Å². The summed E-state index contributed by atoms with van der Waals surface area (Å²) < 4.78 is 0. The van der Waals surface area contributed by atoms with Crippen LogP contribution in [0.2, 0.25) is 0 Å². The van der Waals surface area contributed by atoms with Gasteiger partial charge in [-0.3, -0.25) is 19.6 Å². The number of thiazole rings is 1. The third-order valence-electron chi connectivity index (χ3n) is 5.80.